The van der Waals surface area contributed by atoms with Crippen LogP contribution in [0.15, 0.2) is 46.3 Å². The Kier molecular flexibility index (Phi) is 5.19. The summed E-state index contributed by atoms with van der Waals surface area (Å²) < 4.78 is 40.5. The van der Waals surface area contributed by atoms with Crippen molar-refractivity contribution in [3.8, 4) is 11.3 Å². The largest absolute Gasteiger partial charge is 0.407 e. The predicted octanol–water partition coefficient (Wildman–Crippen LogP) is 4.72. The summed E-state index contributed by atoms with van der Waals surface area (Å²) in [6, 6.07) is 8.97. The van der Waals surface area contributed by atoms with E-state index in [1.54, 1.807) is 30.3 Å². The highest BCUT2D eigenvalue weighted by atomic mass is 19.4. The Hall–Kier alpha value is -2.88. The fourth-order valence-electron chi connectivity index (χ4n) is 2.11. The van der Waals surface area contributed by atoms with Crippen molar-refractivity contribution in [3.05, 3.63) is 63.7 Å². The van der Waals surface area contributed by atoms with Gasteiger partial charge in [0.25, 0.3) is 11.2 Å². The summed E-state index contributed by atoms with van der Waals surface area (Å²) in [5.41, 5.74) is -2.90. The molecule has 24 heavy (non-hydrogen) atoms. The third-order valence-corrected chi connectivity index (χ3v) is 3.26. The molecule has 0 amide bonds. The van der Waals surface area contributed by atoms with Crippen molar-refractivity contribution in [2.24, 2.45) is 5.10 Å². The second kappa shape index (κ2) is 7.13. The van der Waals surface area contributed by atoms with Gasteiger partial charge in [0, 0.05) is 11.8 Å². The van der Waals surface area contributed by atoms with Crippen LogP contribution in [0.1, 0.15) is 25.3 Å². The molecule has 0 fully saturated rings. The van der Waals surface area contributed by atoms with Crippen LogP contribution in [0.4, 0.5) is 18.9 Å². The minimum absolute atomic E-state index is 0.00678. The molecule has 0 aliphatic carbocycles. The molecule has 0 aliphatic heterocycles. The van der Waals surface area contributed by atoms with Crippen molar-refractivity contribution < 1.29 is 13.2 Å². The molecule has 0 saturated carbocycles. The molecule has 0 radical (unpaired) electrons. The lowest BCUT2D eigenvalue weighted by atomic mass is 10.1. The van der Waals surface area contributed by atoms with Crippen molar-refractivity contribution in [2.75, 3.05) is 0 Å². The van der Waals surface area contributed by atoms with Crippen LogP contribution in [-0.2, 0) is 6.18 Å². The average molecular weight is 333 g/mol. The summed E-state index contributed by atoms with van der Waals surface area (Å²) in [4.78, 5) is 15.2. The van der Waals surface area contributed by atoms with Gasteiger partial charge < -0.3 is 0 Å². The molecule has 1 aromatic carbocycles. The molecule has 124 valence electrons. The number of hydrogen-bond acceptors (Lipinski definition) is 2. The molecule has 0 aliphatic rings. The molecule has 0 spiro atoms. The van der Waals surface area contributed by atoms with E-state index < -0.39 is 23.0 Å². The average Bonchev–Trinajstić information content (AvgIpc) is 2.55. The maximum Gasteiger partial charge on any atom is 0.407 e. The highest BCUT2D eigenvalue weighted by molar-refractivity contribution is 5.67. The number of rotatable bonds is 4. The fraction of sp³-hybridized carbons (Fsp3) is 0.235. The minimum Gasteiger partial charge on any atom is -0.281 e. The van der Waals surface area contributed by atoms with Crippen LogP contribution in [-0.4, -0.2) is 10.9 Å². The number of benzene rings is 1. The molecular formula is C17H14F3N3O. The van der Waals surface area contributed by atoms with Gasteiger partial charge in [0.05, 0.1) is 17.8 Å². The number of unbranched alkanes of at least 4 members (excludes halogenated alkanes) is 1. The summed E-state index contributed by atoms with van der Waals surface area (Å²) in [5.74, 6) is 0. The van der Waals surface area contributed by atoms with E-state index in [1.165, 1.54) is 6.21 Å². The Morgan fingerprint density at radius 1 is 1.29 bits per heavy atom. The van der Waals surface area contributed by atoms with Gasteiger partial charge >= 0.3 is 6.18 Å². The monoisotopic (exact) mass is 333 g/mol. The zero-order chi connectivity index (χ0) is 17.7. The summed E-state index contributed by atoms with van der Waals surface area (Å²) in [6.45, 7) is 8.86. The van der Waals surface area contributed by atoms with Crippen LogP contribution in [0.25, 0.3) is 16.1 Å². The lowest BCUT2D eigenvalue weighted by molar-refractivity contribution is -0.136. The van der Waals surface area contributed by atoms with E-state index in [0.29, 0.717) is 12.0 Å². The van der Waals surface area contributed by atoms with Crippen LogP contribution in [0, 0.1) is 6.57 Å². The van der Waals surface area contributed by atoms with Gasteiger partial charge in [-0.2, -0.15) is 18.3 Å². The van der Waals surface area contributed by atoms with Gasteiger partial charge in [-0.25, -0.2) is 9.52 Å². The van der Waals surface area contributed by atoms with Crippen molar-refractivity contribution in [2.45, 2.75) is 25.9 Å². The zero-order valence-corrected chi connectivity index (χ0v) is 12.8. The van der Waals surface area contributed by atoms with Gasteiger partial charge in [-0.15, -0.1) is 0 Å². The molecule has 2 aromatic rings. The Bertz CT molecular complexity index is 846. The van der Waals surface area contributed by atoms with Crippen LogP contribution in [0.2, 0.25) is 0 Å². The normalized spacial score (nSPS) is 11.6. The van der Waals surface area contributed by atoms with Crippen LogP contribution < -0.4 is 5.56 Å². The van der Waals surface area contributed by atoms with E-state index in [4.69, 9.17) is 6.57 Å². The molecule has 4 nitrogen and oxygen atoms in total. The quantitative estimate of drug-likeness (QED) is 0.589. The second-order valence-corrected chi connectivity index (χ2v) is 4.97. The van der Waals surface area contributed by atoms with E-state index in [1.807, 2.05) is 6.92 Å². The first-order valence-corrected chi connectivity index (χ1v) is 7.23. The van der Waals surface area contributed by atoms with Crippen molar-refractivity contribution in [1.82, 2.24) is 4.68 Å². The fourth-order valence-corrected chi connectivity index (χ4v) is 2.11. The Balaban J connectivity index is 2.82. The van der Waals surface area contributed by atoms with Crippen molar-refractivity contribution >= 4 is 11.9 Å². The van der Waals surface area contributed by atoms with Gasteiger partial charge in [0.15, 0.2) is 0 Å². The Morgan fingerprint density at radius 3 is 2.50 bits per heavy atom. The molecule has 0 unspecified atom stereocenters. The molecule has 0 N–H and O–H groups in total. The number of halogens is 3. The smallest absolute Gasteiger partial charge is 0.281 e. The van der Waals surface area contributed by atoms with Gasteiger partial charge in [-0.05, 0) is 12.5 Å². The summed E-state index contributed by atoms with van der Waals surface area (Å²) in [6.07, 6.45) is -2.01. The minimum atomic E-state index is -4.80. The van der Waals surface area contributed by atoms with E-state index in [-0.39, 0.29) is 5.69 Å². The second-order valence-electron chi connectivity index (χ2n) is 4.97. The highest BCUT2D eigenvalue weighted by Gasteiger charge is 2.36. The topological polar surface area (TPSA) is 38.7 Å². The van der Waals surface area contributed by atoms with E-state index in [9.17, 15) is 18.0 Å². The van der Waals surface area contributed by atoms with Crippen LogP contribution >= 0.6 is 0 Å². The molecule has 0 atom stereocenters. The predicted molar refractivity (Wildman–Crippen MR) is 86.2 cm³/mol. The van der Waals surface area contributed by atoms with E-state index >= 15 is 0 Å². The molecular weight excluding hydrogens is 319 g/mol. The van der Waals surface area contributed by atoms with Crippen molar-refractivity contribution in [1.29, 1.82) is 0 Å². The van der Waals surface area contributed by atoms with Gasteiger partial charge in [-0.3, -0.25) is 4.79 Å². The van der Waals surface area contributed by atoms with Crippen LogP contribution in [0.5, 0.6) is 0 Å². The van der Waals surface area contributed by atoms with Crippen LogP contribution in [0.3, 0.4) is 0 Å². The standard InChI is InChI=1S/C17H14F3N3O/c1-3-4-10-22-23-14(12-8-6-5-7-9-12)11-13(17(18,19)20)15(21-2)16(23)24/h5-11H,3-4H2,1H3/b22-10+. The molecule has 7 heteroatoms. The van der Waals surface area contributed by atoms with Crippen molar-refractivity contribution in [3.63, 3.8) is 0 Å². The number of hydrogen-bond donors (Lipinski definition) is 0. The summed E-state index contributed by atoms with van der Waals surface area (Å²) in [5, 5.41) is 3.97. The first-order chi connectivity index (χ1) is 11.4. The number of pyridine rings is 1. The van der Waals surface area contributed by atoms with Gasteiger partial charge in [-0.1, -0.05) is 43.7 Å². The van der Waals surface area contributed by atoms with E-state index in [2.05, 4.69) is 9.95 Å². The molecule has 2 rings (SSSR count). The lowest BCUT2D eigenvalue weighted by Gasteiger charge is -2.14. The summed E-state index contributed by atoms with van der Waals surface area (Å²) >= 11 is 0. The third kappa shape index (κ3) is 3.54. The van der Waals surface area contributed by atoms with E-state index in [0.717, 1.165) is 17.2 Å². The maximum absolute atomic E-state index is 13.2. The number of alkyl halides is 3. The molecule has 1 aromatic heterocycles. The molecule has 1 heterocycles. The van der Waals surface area contributed by atoms with Gasteiger partial charge in [0.1, 0.15) is 0 Å². The SMILES string of the molecule is [C-]#[N+]c1c(C(F)(F)F)cc(-c2ccccc2)n(/N=C/CCC)c1=O. The zero-order valence-electron chi connectivity index (χ0n) is 12.8. The lowest BCUT2D eigenvalue weighted by Crippen LogP contribution is -2.22. The maximum atomic E-state index is 13.2. The van der Waals surface area contributed by atoms with Gasteiger partial charge in [0.2, 0.25) is 0 Å². The summed E-state index contributed by atoms with van der Waals surface area (Å²) in [7, 11) is 0. The third-order valence-electron chi connectivity index (χ3n) is 3.26. The molecule has 0 bridgehead atoms. The first kappa shape index (κ1) is 17.5. The Morgan fingerprint density at radius 2 is 1.96 bits per heavy atom. The Labute approximate surface area is 136 Å². The molecule has 0 saturated heterocycles. The first-order valence-electron chi connectivity index (χ1n) is 7.23. The number of aromatic nitrogens is 1. The number of nitrogens with zero attached hydrogens (tertiary/aromatic N) is 3. The highest BCUT2D eigenvalue weighted by Crippen LogP contribution is 2.36.